The van der Waals surface area contributed by atoms with E-state index >= 15 is 0 Å². The number of carbonyl (C=O) groups is 2. The zero-order valence-electron chi connectivity index (χ0n) is 21.7. The van der Waals surface area contributed by atoms with Gasteiger partial charge in [-0.25, -0.2) is 19.7 Å². The standard InChI is InChI=1S/C28H22N8O5/c1-14-31-20-8-15(2-7-23(20)40-14)11-30-27(38)22-10-21(32-24-12-29-13-36(22)24)26(37)33-19-6-4-16-9-17(3-5-18(16)19)25-34-28(39)41-35-25/h2-3,5,7-10,12-13,19H,4,6,11H2,1H3,(H,30,38)(H,33,37)(H,34,35,39)/t19-/m0/s1. The summed E-state index contributed by atoms with van der Waals surface area (Å²) < 4.78 is 11.7. The monoisotopic (exact) mass is 550 g/mol. The fraction of sp³-hybridized carbons (Fsp3) is 0.179. The van der Waals surface area contributed by atoms with Crippen LogP contribution in [0.15, 0.2) is 68.7 Å². The van der Waals surface area contributed by atoms with Crippen LogP contribution >= 0.6 is 0 Å². The topological polar surface area (TPSA) is 173 Å². The van der Waals surface area contributed by atoms with Crippen molar-refractivity contribution in [3.05, 3.63) is 99.5 Å². The van der Waals surface area contributed by atoms with E-state index < -0.39 is 11.7 Å². The van der Waals surface area contributed by atoms with E-state index in [1.165, 1.54) is 23.0 Å². The number of aromatic amines is 1. The van der Waals surface area contributed by atoms with E-state index in [0.717, 1.165) is 28.7 Å². The van der Waals surface area contributed by atoms with Crippen LogP contribution in [0.25, 0.3) is 28.1 Å². The number of H-pyrrole nitrogens is 1. The second kappa shape index (κ2) is 9.55. The summed E-state index contributed by atoms with van der Waals surface area (Å²) in [6.45, 7) is 2.03. The third-order valence-electron chi connectivity index (χ3n) is 7.10. The molecule has 41 heavy (non-hydrogen) atoms. The Hall–Kier alpha value is -5.59. The number of aryl methyl sites for hydroxylation is 2. The van der Waals surface area contributed by atoms with E-state index in [2.05, 4.69) is 40.2 Å². The summed E-state index contributed by atoms with van der Waals surface area (Å²) in [6, 6.07) is 12.4. The van der Waals surface area contributed by atoms with E-state index in [1.807, 2.05) is 36.4 Å². The van der Waals surface area contributed by atoms with Gasteiger partial charge in [0.2, 0.25) is 0 Å². The summed E-state index contributed by atoms with van der Waals surface area (Å²) in [4.78, 5) is 53.3. The average Bonchev–Trinajstić information content (AvgIpc) is 3.77. The molecule has 0 saturated heterocycles. The van der Waals surface area contributed by atoms with Crippen molar-refractivity contribution in [2.24, 2.45) is 0 Å². The van der Waals surface area contributed by atoms with Crippen molar-refractivity contribution in [3.63, 3.8) is 0 Å². The summed E-state index contributed by atoms with van der Waals surface area (Å²) in [5.41, 5.74) is 5.69. The number of nitrogens with zero attached hydrogens (tertiary/aromatic N) is 5. The van der Waals surface area contributed by atoms with Crippen molar-refractivity contribution in [1.29, 1.82) is 0 Å². The zero-order valence-corrected chi connectivity index (χ0v) is 21.7. The molecule has 7 rings (SSSR count). The highest BCUT2D eigenvalue weighted by Crippen LogP contribution is 2.33. The summed E-state index contributed by atoms with van der Waals surface area (Å²) in [6.07, 6.45) is 4.40. The largest absolute Gasteiger partial charge is 0.441 e. The third kappa shape index (κ3) is 4.52. The molecule has 2 aromatic carbocycles. The van der Waals surface area contributed by atoms with Gasteiger partial charge in [-0.1, -0.05) is 23.4 Å². The molecule has 1 aliphatic rings. The maximum atomic E-state index is 13.3. The number of benzene rings is 2. The Morgan fingerprint density at radius 2 is 2.02 bits per heavy atom. The van der Waals surface area contributed by atoms with Crippen LogP contribution in [-0.4, -0.2) is 41.3 Å². The first kappa shape index (κ1) is 24.5. The number of hydrogen-bond acceptors (Lipinski definition) is 9. The quantitative estimate of drug-likeness (QED) is 0.282. The van der Waals surface area contributed by atoms with E-state index in [-0.39, 0.29) is 29.9 Å². The van der Waals surface area contributed by atoms with E-state index in [4.69, 9.17) is 4.42 Å². The SMILES string of the molecule is Cc1nc2cc(CNC(=O)c3cc(C(=O)N[C@H]4CCc5cc(-c6noc(=O)[nH]6)ccc54)nc4cncn34)ccc2o1. The predicted molar refractivity (Wildman–Crippen MR) is 144 cm³/mol. The average molecular weight is 551 g/mol. The van der Waals surface area contributed by atoms with Crippen molar-refractivity contribution in [1.82, 2.24) is 40.1 Å². The molecular weight excluding hydrogens is 528 g/mol. The molecule has 13 nitrogen and oxygen atoms in total. The van der Waals surface area contributed by atoms with E-state index in [9.17, 15) is 14.4 Å². The highest BCUT2D eigenvalue weighted by Gasteiger charge is 2.26. The molecule has 1 aliphatic carbocycles. The summed E-state index contributed by atoms with van der Waals surface area (Å²) in [5.74, 6) is -0.489. The molecule has 3 N–H and O–H groups in total. The molecule has 2 amide bonds. The predicted octanol–water partition coefficient (Wildman–Crippen LogP) is 2.87. The molecule has 0 bridgehead atoms. The lowest BCUT2D eigenvalue weighted by molar-refractivity contribution is 0.0931. The first-order chi connectivity index (χ1) is 19.9. The Morgan fingerprint density at radius 3 is 2.88 bits per heavy atom. The number of amides is 2. The number of oxazole rings is 1. The van der Waals surface area contributed by atoms with Gasteiger partial charge in [-0.3, -0.25) is 23.5 Å². The number of hydrogen-bond donors (Lipinski definition) is 3. The van der Waals surface area contributed by atoms with Crippen molar-refractivity contribution >= 4 is 28.6 Å². The lowest BCUT2D eigenvalue weighted by Crippen LogP contribution is -2.30. The number of nitrogens with one attached hydrogen (secondary N) is 3. The molecular formula is C28H22N8O5. The van der Waals surface area contributed by atoms with Crippen LogP contribution in [0, 0.1) is 6.92 Å². The number of fused-ring (bicyclic) bond motifs is 3. The molecule has 0 saturated carbocycles. The second-order valence-electron chi connectivity index (χ2n) is 9.79. The molecule has 6 aromatic rings. The van der Waals surface area contributed by atoms with Gasteiger partial charge in [0.15, 0.2) is 22.9 Å². The van der Waals surface area contributed by atoms with Gasteiger partial charge in [0.25, 0.3) is 11.8 Å². The van der Waals surface area contributed by atoms with Gasteiger partial charge >= 0.3 is 5.76 Å². The summed E-state index contributed by atoms with van der Waals surface area (Å²) >= 11 is 0. The van der Waals surface area contributed by atoms with Crippen LogP contribution in [0.3, 0.4) is 0 Å². The Balaban J connectivity index is 1.09. The van der Waals surface area contributed by atoms with Crippen LogP contribution in [0.2, 0.25) is 0 Å². The Kier molecular flexibility index (Phi) is 5.70. The minimum atomic E-state index is -0.621. The van der Waals surface area contributed by atoms with Gasteiger partial charge in [0.05, 0.1) is 12.2 Å². The van der Waals surface area contributed by atoms with Crippen molar-refractivity contribution in [2.75, 3.05) is 0 Å². The van der Waals surface area contributed by atoms with Crippen molar-refractivity contribution in [3.8, 4) is 11.4 Å². The fourth-order valence-corrected chi connectivity index (χ4v) is 5.17. The molecule has 1 atom stereocenters. The number of imidazole rings is 1. The molecule has 4 aromatic heterocycles. The summed E-state index contributed by atoms with van der Waals surface area (Å²) in [7, 11) is 0. The Bertz CT molecular complexity index is 2030. The molecule has 0 spiro atoms. The Labute approximate surface area is 230 Å². The van der Waals surface area contributed by atoms with Gasteiger partial charge in [-0.15, -0.1) is 0 Å². The number of carbonyl (C=O) groups excluding carboxylic acids is 2. The highest BCUT2D eigenvalue weighted by molar-refractivity contribution is 5.98. The van der Waals surface area contributed by atoms with Crippen LogP contribution in [0.5, 0.6) is 0 Å². The van der Waals surface area contributed by atoms with E-state index in [1.54, 1.807) is 6.92 Å². The lowest BCUT2D eigenvalue weighted by atomic mass is 10.0. The highest BCUT2D eigenvalue weighted by atomic mass is 16.5. The molecule has 204 valence electrons. The van der Waals surface area contributed by atoms with Gasteiger partial charge in [0.1, 0.15) is 23.2 Å². The molecule has 0 aliphatic heterocycles. The van der Waals surface area contributed by atoms with Crippen LogP contribution in [0.4, 0.5) is 0 Å². The smallest absolute Gasteiger partial charge is 0.439 e. The van der Waals surface area contributed by atoms with E-state index in [0.29, 0.717) is 34.9 Å². The normalized spacial score (nSPS) is 14.4. The van der Waals surface area contributed by atoms with Crippen LogP contribution in [-0.2, 0) is 13.0 Å². The van der Waals surface area contributed by atoms with Gasteiger partial charge in [-0.05, 0) is 53.8 Å². The second-order valence-corrected chi connectivity index (χ2v) is 9.79. The zero-order chi connectivity index (χ0) is 28.1. The maximum Gasteiger partial charge on any atom is 0.439 e. The molecule has 0 radical (unpaired) electrons. The van der Waals surface area contributed by atoms with Gasteiger partial charge in [-0.2, -0.15) is 0 Å². The lowest BCUT2D eigenvalue weighted by Gasteiger charge is -2.15. The minimum absolute atomic E-state index is 0.105. The number of rotatable bonds is 6. The van der Waals surface area contributed by atoms with Crippen molar-refractivity contribution in [2.45, 2.75) is 32.4 Å². The van der Waals surface area contributed by atoms with Gasteiger partial charge in [0, 0.05) is 19.0 Å². The maximum absolute atomic E-state index is 13.3. The molecule has 13 heteroatoms. The van der Waals surface area contributed by atoms with Gasteiger partial charge < -0.3 is 15.1 Å². The molecule has 0 unspecified atom stereocenters. The van der Waals surface area contributed by atoms with Crippen LogP contribution < -0.4 is 16.4 Å². The van der Waals surface area contributed by atoms with Crippen LogP contribution in [0.1, 0.15) is 56.0 Å². The molecule has 4 heterocycles. The first-order valence-electron chi connectivity index (χ1n) is 12.9. The Morgan fingerprint density at radius 1 is 1.12 bits per heavy atom. The molecule has 0 fully saturated rings. The minimum Gasteiger partial charge on any atom is -0.441 e. The first-order valence-corrected chi connectivity index (χ1v) is 12.9. The summed E-state index contributed by atoms with van der Waals surface area (Å²) in [5, 5.41) is 9.68. The van der Waals surface area contributed by atoms with Crippen molar-refractivity contribution < 1.29 is 18.5 Å². The third-order valence-corrected chi connectivity index (χ3v) is 7.10. The number of aromatic nitrogens is 6. The fourth-order valence-electron chi connectivity index (χ4n) is 5.17.